The van der Waals surface area contributed by atoms with Crippen molar-refractivity contribution >= 4 is 5.91 Å². The molecule has 0 aliphatic heterocycles. The lowest BCUT2D eigenvalue weighted by molar-refractivity contribution is -0.123. The van der Waals surface area contributed by atoms with Crippen LogP contribution in [0.4, 0.5) is 0 Å². The van der Waals surface area contributed by atoms with Crippen molar-refractivity contribution < 1.29 is 9.90 Å². The van der Waals surface area contributed by atoms with Gasteiger partial charge < -0.3 is 10.0 Å². The number of aliphatic hydroxyl groups is 1. The Morgan fingerprint density at radius 3 is 2.33 bits per heavy atom. The minimum absolute atomic E-state index is 0.0318. The average Bonchev–Trinajstić information content (AvgIpc) is 2.32. The molecule has 0 saturated carbocycles. The molecule has 106 valence electrons. The summed E-state index contributed by atoms with van der Waals surface area (Å²) < 4.78 is 0. The van der Waals surface area contributed by atoms with Gasteiger partial charge in [0.25, 0.3) is 0 Å². The van der Waals surface area contributed by atoms with Crippen molar-refractivity contribution in [3.05, 3.63) is 11.6 Å². The Labute approximate surface area is 112 Å². The molecule has 1 N–H and O–H groups in total. The fourth-order valence-electron chi connectivity index (χ4n) is 1.84. The molecule has 0 aliphatic carbocycles. The van der Waals surface area contributed by atoms with E-state index in [-0.39, 0.29) is 5.91 Å². The lowest BCUT2D eigenvalue weighted by Crippen LogP contribution is -2.21. The van der Waals surface area contributed by atoms with E-state index in [1.54, 1.807) is 25.1 Å². The van der Waals surface area contributed by atoms with Crippen LogP contribution in [0.3, 0.4) is 0 Å². The minimum Gasteiger partial charge on any atom is -0.389 e. The monoisotopic (exact) mass is 255 g/mol. The number of aliphatic hydroxyl groups excluding tert-OH is 1. The number of unbranched alkanes of at least 4 members (excludes halogenated alkanes) is 3. The molecule has 0 rings (SSSR count). The summed E-state index contributed by atoms with van der Waals surface area (Å²) in [4.78, 5) is 13.2. The van der Waals surface area contributed by atoms with Crippen LogP contribution < -0.4 is 0 Å². The van der Waals surface area contributed by atoms with Crippen LogP contribution in [0.2, 0.25) is 0 Å². The first kappa shape index (κ1) is 17.2. The lowest BCUT2D eigenvalue weighted by Gasteiger charge is -2.16. The molecule has 0 aromatic carbocycles. The van der Waals surface area contributed by atoms with E-state index >= 15 is 0 Å². The Hall–Kier alpha value is -0.830. The van der Waals surface area contributed by atoms with Crippen LogP contribution in [0.1, 0.15) is 58.8 Å². The van der Waals surface area contributed by atoms with Gasteiger partial charge in [0.15, 0.2) is 0 Å². The van der Waals surface area contributed by atoms with Crippen LogP contribution in [0, 0.1) is 0 Å². The second kappa shape index (κ2) is 10.1. The first-order valence-electron chi connectivity index (χ1n) is 7.12. The summed E-state index contributed by atoms with van der Waals surface area (Å²) in [6, 6.07) is 0. The molecule has 1 atom stereocenters. The predicted octanol–water partition coefficient (Wildman–Crippen LogP) is 3.13. The summed E-state index contributed by atoms with van der Waals surface area (Å²) in [7, 11) is 3.47. The van der Waals surface area contributed by atoms with Gasteiger partial charge in [-0.05, 0) is 24.8 Å². The highest BCUT2D eigenvalue weighted by Gasteiger charge is 2.12. The summed E-state index contributed by atoms with van der Waals surface area (Å²) in [5.74, 6) is -0.0318. The quantitative estimate of drug-likeness (QED) is 0.508. The Morgan fingerprint density at radius 2 is 1.83 bits per heavy atom. The Balaban J connectivity index is 4.46. The average molecular weight is 255 g/mol. The van der Waals surface area contributed by atoms with Gasteiger partial charge in [-0.3, -0.25) is 4.79 Å². The molecule has 0 aromatic rings. The normalized spacial score (nSPS) is 13.5. The zero-order valence-electron chi connectivity index (χ0n) is 12.4. The van der Waals surface area contributed by atoms with Crippen molar-refractivity contribution in [2.75, 3.05) is 14.1 Å². The van der Waals surface area contributed by atoms with Gasteiger partial charge in [0.2, 0.25) is 5.91 Å². The standard InChI is InChI=1S/C15H29NO2/c1-5-7-8-9-11-13(14(17)10-6-2)12-15(18)16(3)4/h12,14,17H,5-11H2,1-4H3/b13-12+. The number of amides is 1. The molecule has 3 nitrogen and oxygen atoms in total. The predicted molar refractivity (Wildman–Crippen MR) is 76.5 cm³/mol. The molecular weight excluding hydrogens is 226 g/mol. The lowest BCUT2D eigenvalue weighted by atomic mass is 9.98. The van der Waals surface area contributed by atoms with Crippen molar-refractivity contribution in [1.29, 1.82) is 0 Å². The molecule has 0 aliphatic rings. The second-order valence-corrected chi connectivity index (χ2v) is 5.07. The molecular formula is C15H29NO2. The third kappa shape index (κ3) is 7.49. The number of carbonyl (C=O) groups is 1. The fraction of sp³-hybridized carbons (Fsp3) is 0.800. The van der Waals surface area contributed by atoms with E-state index in [2.05, 4.69) is 6.92 Å². The molecule has 0 heterocycles. The summed E-state index contributed by atoms with van der Waals surface area (Å²) in [5.41, 5.74) is 0.895. The van der Waals surface area contributed by atoms with Crippen molar-refractivity contribution in [1.82, 2.24) is 4.90 Å². The molecule has 0 spiro atoms. The van der Waals surface area contributed by atoms with Gasteiger partial charge in [-0.25, -0.2) is 0 Å². The van der Waals surface area contributed by atoms with Gasteiger partial charge >= 0.3 is 0 Å². The van der Waals surface area contributed by atoms with Crippen LogP contribution >= 0.6 is 0 Å². The second-order valence-electron chi connectivity index (χ2n) is 5.07. The first-order chi connectivity index (χ1) is 8.52. The van der Waals surface area contributed by atoms with Crippen LogP contribution in [-0.4, -0.2) is 36.1 Å². The van der Waals surface area contributed by atoms with E-state index in [1.165, 1.54) is 19.3 Å². The Bertz CT molecular complexity index is 259. The molecule has 1 amide bonds. The maximum Gasteiger partial charge on any atom is 0.246 e. The van der Waals surface area contributed by atoms with Crippen LogP contribution in [0.15, 0.2) is 11.6 Å². The summed E-state index contributed by atoms with van der Waals surface area (Å²) in [5, 5.41) is 10.1. The zero-order valence-corrected chi connectivity index (χ0v) is 12.4. The molecule has 0 radical (unpaired) electrons. The zero-order chi connectivity index (χ0) is 14.0. The van der Waals surface area contributed by atoms with Gasteiger partial charge in [-0.2, -0.15) is 0 Å². The molecule has 3 heteroatoms. The largest absolute Gasteiger partial charge is 0.389 e. The third-order valence-corrected chi connectivity index (χ3v) is 3.06. The highest BCUT2D eigenvalue weighted by molar-refractivity contribution is 5.88. The van der Waals surface area contributed by atoms with Crippen molar-refractivity contribution in [2.24, 2.45) is 0 Å². The van der Waals surface area contributed by atoms with E-state index in [4.69, 9.17) is 0 Å². The highest BCUT2D eigenvalue weighted by Crippen LogP contribution is 2.17. The number of hydrogen-bond acceptors (Lipinski definition) is 2. The molecule has 0 aromatic heterocycles. The number of nitrogens with zero attached hydrogens (tertiary/aromatic N) is 1. The topological polar surface area (TPSA) is 40.5 Å². The summed E-state index contributed by atoms with van der Waals surface area (Å²) in [6.07, 6.45) is 8.31. The van der Waals surface area contributed by atoms with Crippen molar-refractivity contribution in [3.8, 4) is 0 Å². The smallest absolute Gasteiger partial charge is 0.246 e. The minimum atomic E-state index is -0.458. The van der Waals surface area contributed by atoms with Crippen LogP contribution in [0.5, 0.6) is 0 Å². The van der Waals surface area contributed by atoms with Gasteiger partial charge in [0, 0.05) is 20.2 Å². The van der Waals surface area contributed by atoms with E-state index in [9.17, 15) is 9.90 Å². The number of rotatable bonds is 9. The molecule has 18 heavy (non-hydrogen) atoms. The SMILES string of the molecule is CCCCCC/C(=C\C(=O)N(C)C)C(O)CCC. The fourth-order valence-corrected chi connectivity index (χ4v) is 1.84. The van der Waals surface area contributed by atoms with Gasteiger partial charge in [0.1, 0.15) is 0 Å². The summed E-state index contributed by atoms with van der Waals surface area (Å²) >= 11 is 0. The van der Waals surface area contributed by atoms with Gasteiger partial charge in [-0.1, -0.05) is 39.5 Å². The van der Waals surface area contributed by atoms with E-state index in [1.807, 2.05) is 6.92 Å². The molecule has 0 saturated heterocycles. The number of hydrogen-bond donors (Lipinski definition) is 1. The highest BCUT2D eigenvalue weighted by atomic mass is 16.3. The van der Waals surface area contributed by atoms with E-state index in [0.29, 0.717) is 0 Å². The third-order valence-electron chi connectivity index (χ3n) is 3.06. The molecule has 0 fully saturated rings. The van der Waals surface area contributed by atoms with E-state index < -0.39 is 6.10 Å². The number of likely N-dealkylation sites (N-methyl/N-ethyl adjacent to an activating group) is 1. The maximum atomic E-state index is 11.7. The molecule has 0 bridgehead atoms. The molecule has 1 unspecified atom stereocenters. The van der Waals surface area contributed by atoms with E-state index in [0.717, 1.165) is 31.3 Å². The van der Waals surface area contributed by atoms with Gasteiger partial charge in [-0.15, -0.1) is 0 Å². The first-order valence-corrected chi connectivity index (χ1v) is 7.12. The maximum absolute atomic E-state index is 11.7. The number of carbonyl (C=O) groups excluding carboxylic acids is 1. The van der Waals surface area contributed by atoms with Crippen molar-refractivity contribution in [3.63, 3.8) is 0 Å². The Morgan fingerprint density at radius 1 is 1.17 bits per heavy atom. The summed E-state index contributed by atoms with van der Waals surface area (Å²) in [6.45, 7) is 4.23. The van der Waals surface area contributed by atoms with Crippen LogP contribution in [0.25, 0.3) is 0 Å². The van der Waals surface area contributed by atoms with Gasteiger partial charge in [0.05, 0.1) is 6.10 Å². The Kier molecular flexibility index (Phi) is 9.66. The van der Waals surface area contributed by atoms with Crippen molar-refractivity contribution in [2.45, 2.75) is 64.9 Å². The van der Waals surface area contributed by atoms with Crippen LogP contribution in [-0.2, 0) is 4.79 Å².